The van der Waals surface area contributed by atoms with Gasteiger partial charge in [0.2, 0.25) is 0 Å². The number of sulfone groups is 1. The Balaban J connectivity index is 1.99. The van der Waals surface area contributed by atoms with Crippen molar-refractivity contribution in [1.82, 2.24) is 0 Å². The van der Waals surface area contributed by atoms with Crippen LogP contribution in [0.4, 0.5) is 0 Å². The molecule has 3 aromatic rings. The molecule has 0 saturated carbocycles. The van der Waals surface area contributed by atoms with E-state index in [-0.39, 0.29) is 17.1 Å². The second-order valence-corrected chi connectivity index (χ2v) is 9.65. The van der Waals surface area contributed by atoms with Crippen molar-refractivity contribution in [3.63, 3.8) is 0 Å². The van der Waals surface area contributed by atoms with Crippen molar-refractivity contribution in [2.45, 2.75) is 36.3 Å². The van der Waals surface area contributed by atoms with Gasteiger partial charge in [-0.1, -0.05) is 56.3 Å². The maximum atomic E-state index is 13.4. The summed E-state index contributed by atoms with van der Waals surface area (Å²) in [5.41, 5.74) is 2.20. The summed E-state index contributed by atoms with van der Waals surface area (Å²) in [6, 6.07) is 22.5. The first kappa shape index (κ1) is 21.8. The molecule has 0 N–H and O–H groups in total. The van der Waals surface area contributed by atoms with Crippen molar-refractivity contribution in [2.75, 3.05) is 7.11 Å². The minimum atomic E-state index is -3.75. The van der Waals surface area contributed by atoms with Gasteiger partial charge >= 0.3 is 0 Å². The van der Waals surface area contributed by atoms with E-state index in [1.54, 1.807) is 61.7 Å². The number of rotatable bonds is 8. The van der Waals surface area contributed by atoms with E-state index in [2.05, 4.69) is 13.8 Å². The fourth-order valence-corrected chi connectivity index (χ4v) is 5.09. The highest BCUT2D eigenvalue weighted by atomic mass is 32.2. The Hall–Kier alpha value is -2.92. The van der Waals surface area contributed by atoms with Crippen LogP contribution < -0.4 is 4.74 Å². The van der Waals surface area contributed by atoms with E-state index in [4.69, 9.17) is 4.74 Å². The third kappa shape index (κ3) is 4.79. The largest absolute Gasteiger partial charge is 0.497 e. The van der Waals surface area contributed by atoms with Gasteiger partial charge < -0.3 is 4.74 Å². The smallest absolute Gasteiger partial charge is 0.185 e. The number of methoxy groups -OCH3 is 1. The number of carbonyl (C=O) groups is 1. The predicted molar refractivity (Wildman–Crippen MR) is 119 cm³/mol. The lowest BCUT2D eigenvalue weighted by molar-refractivity contribution is 0.0980. The molecule has 0 radical (unpaired) electrons. The summed E-state index contributed by atoms with van der Waals surface area (Å²) in [5.74, 6) is 0.753. The first-order valence-electron chi connectivity index (χ1n) is 9.89. The van der Waals surface area contributed by atoms with E-state index in [0.29, 0.717) is 22.8 Å². The molecule has 0 unspecified atom stereocenters. The van der Waals surface area contributed by atoms with Crippen LogP contribution in [0.25, 0.3) is 0 Å². The zero-order chi connectivity index (χ0) is 21.7. The lowest BCUT2D eigenvalue weighted by atomic mass is 9.98. The highest BCUT2D eigenvalue weighted by Crippen LogP contribution is 2.34. The monoisotopic (exact) mass is 422 g/mol. The Bertz CT molecular complexity index is 1080. The molecule has 0 saturated heterocycles. The summed E-state index contributed by atoms with van der Waals surface area (Å²) in [6.07, 6.45) is -0.134. The van der Waals surface area contributed by atoms with Gasteiger partial charge in [-0.05, 0) is 53.4 Å². The molecule has 156 valence electrons. The van der Waals surface area contributed by atoms with E-state index >= 15 is 0 Å². The van der Waals surface area contributed by atoms with Gasteiger partial charge in [0.25, 0.3) is 0 Å². The molecular weight excluding hydrogens is 396 g/mol. The quantitative estimate of drug-likeness (QED) is 0.443. The Morgan fingerprint density at radius 1 is 0.833 bits per heavy atom. The maximum Gasteiger partial charge on any atom is 0.185 e. The molecule has 3 aromatic carbocycles. The van der Waals surface area contributed by atoms with Gasteiger partial charge in [-0.15, -0.1) is 0 Å². The van der Waals surface area contributed by atoms with E-state index in [1.165, 1.54) is 0 Å². The second kappa shape index (κ2) is 9.26. The Labute approximate surface area is 178 Å². The van der Waals surface area contributed by atoms with Crippen LogP contribution in [0.1, 0.15) is 52.9 Å². The first-order chi connectivity index (χ1) is 14.3. The van der Waals surface area contributed by atoms with Crippen LogP contribution in [-0.4, -0.2) is 21.3 Å². The number of ketones is 1. The highest BCUT2D eigenvalue weighted by molar-refractivity contribution is 7.91. The number of ether oxygens (including phenoxy) is 1. The third-order valence-corrected chi connectivity index (χ3v) is 7.32. The molecule has 0 heterocycles. The summed E-state index contributed by atoms with van der Waals surface area (Å²) >= 11 is 0. The third-order valence-electron chi connectivity index (χ3n) is 5.20. The summed E-state index contributed by atoms with van der Waals surface area (Å²) in [6.45, 7) is 4.17. The standard InChI is InChI=1S/C25H26O4S/c1-18(2)19-9-11-21(12-10-19)25(30(27,28)23-7-5-4-6-8-23)17-24(26)20-13-15-22(29-3)16-14-20/h4-16,18,25H,17H2,1-3H3/t25-/m1/s1. The van der Waals surface area contributed by atoms with E-state index in [0.717, 1.165) is 5.56 Å². The van der Waals surface area contributed by atoms with E-state index in [9.17, 15) is 13.2 Å². The average molecular weight is 423 g/mol. The van der Waals surface area contributed by atoms with Gasteiger partial charge in [0.15, 0.2) is 15.6 Å². The highest BCUT2D eigenvalue weighted by Gasteiger charge is 2.31. The van der Waals surface area contributed by atoms with E-state index in [1.807, 2.05) is 24.3 Å². The summed E-state index contributed by atoms with van der Waals surface area (Å²) in [5, 5.41) is -0.962. The number of benzene rings is 3. The minimum absolute atomic E-state index is 0.134. The maximum absolute atomic E-state index is 13.4. The normalized spacial score (nSPS) is 12.5. The fourth-order valence-electron chi connectivity index (χ4n) is 3.34. The second-order valence-electron chi connectivity index (χ2n) is 7.52. The van der Waals surface area contributed by atoms with Crippen LogP contribution >= 0.6 is 0 Å². The molecule has 0 spiro atoms. The van der Waals surface area contributed by atoms with Crippen LogP contribution in [0.2, 0.25) is 0 Å². The molecule has 5 heteroatoms. The molecule has 0 amide bonds. The predicted octanol–water partition coefficient (Wildman–Crippen LogP) is 5.61. The number of hydrogen-bond acceptors (Lipinski definition) is 4. The van der Waals surface area contributed by atoms with Crippen LogP contribution in [0, 0.1) is 0 Å². The van der Waals surface area contributed by atoms with Gasteiger partial charge in [0, 0.05) is 12.0 Å². The summed E-state index contributed by atoms with van der Waals surface area (Å²) < 4.78 is 32.0. The summed E-state index contributed by atoms with van der Waals surface area (Å²) in [7, 11) is -2.19. The lowest BCUT2D eigenvalue weighted by Gasteiger charge is -2.19. The molecule has 4 nitrogen and oxygen atoms in total. The van der Waals surface area contributed by atoms with Crippen molar-refractivity contribution in [1.29, 1.82) is 0 Å². The van der Waals surface area contributed by atoms with Crippen LogP contribution in [-0.2, 0) is 9.84 Å². The van der Waals surface area contributed by atoms with Gasteiger partial charge in [-0.2, -0.15) is 0 Å². The van der Waals surface area contributed by atoms with Crippen LogP contribution in [0.3, 0.4) is 0 Å². The zero-order valence-electron chi connectivity index (χ0n) is 17.4. The molecule has 1 atom stereocenters. The lowest BCUT2D eigenvalue weighted by Crippen LogP contribution is -2.18. The molecule has 0 aliphatic carbocycles. The van der Waals surface area contributed by atoms with Gasteiger partial charge in [0.1, 0.15) is 5.75 Å². The SMILES string of the molecule is COc1ccc(C(=O)C[C@H](c2ccc(C(C)C)cc2)S(=O)(=O)c2ccccc2)cc1. The van der Waals surface area contributed by atoms with E-state index < -0.39 is 15.1 Å². The number of carbonyl (C=O) groups excluding carboxylic acids is 1. The van der Waals surface area contributed by atoms with Gasteiger partial charge in [-0.3, -0.25) is 4.79 Å². The molecule has 0 aliphatic rings. The molecule has 30 heavy (non-hydrogen) atoms. The van der Waals surface area contributed by atoms with Crippen molar-refractivity contribution in [3.8, 4) is 5.75 Å². The minimum Gasteiger partial charge on any atom is -0.497 e. The molecule has 0 bridgehead atoms. The number of hydrogen-bond donors (Lipinski definition) is 0. The van der Waals surface area contributed by atoms with Crippen LogP contribution in [0.5, 0.6) is 5.75 Å². The molecule has 0 fully saturated rings. The Morgan fingerprint density at radius 2 is 1.40 bits per heavy atom. The zero-order valence-corrected chi connectivity index (χ0v) is 18.2. The van der Waals surface area contributed by atoms with Crippen molar-refractivity contribution in [2.24, 2.45) is 0 Å². The Kier molecular flexibility index (Phi) is 6.73. The first-order valence-corrected chi connectivity index (χ1v) is 11.4. The topological polar surface area (TPSA) is 60.4 Å². The Morgan fingerprint density at radius 3 is 1.93 bits per heavy atom. The molecule has 3 rings (SSSR count). The summed E-state index contributed by atoms with van der Waals surface area (Å²) in [4.78, 5) is 13.2. The fraction of sp³-hybridized carbons (Fsp3) is 0.240. The van der Waals surface area contributed by atoms with Crippen molar-refractivity contribution in [3.05, 3.63) is 95.6 Å². The number of Topliss-reactive ketones (excluding diaryl/α,β-unsaturated/α-hetero) is 1. The van der Waals surface area contributed by atoms with Gasteiger partial charge in [-0.25, -0.2) is 8.42 Å². The van der Waals surface area contributed by atoms with Crippen molar-refractivity contribution >= 4 is 15.6 Å². The van der Waals surface area contributed by atoms with Crippen LogP contribution in [0.15, 0.2) is 83.8 Å². The van der Waals surface area contributed by atoms with Gasteiger partial charge in [0.05, 0.1) is 17.3 Å². The molecule has 0 aromatic heterocycles. The van der Waals surface area contributed by atoms with Crippen molar-refractivity contribution < 1.29 is 17.9 Å². The average Bonchev–Trinajstić information content (AvgIpc) is 2.78. The molecular formula is C25H26O4S. The molecule has 0 aliphatic heterocycles.